The van der Waals surface area contributed by atoms with Crippen LogP contribution in [0.4, 0.5) is 0 Å². The van der Waals surface area contributed by atoms with Crippen LogP contribution in [0.25, 0.3) is 0 Å². The lowest BCUT2D eigenvalue weighted by atomic mass is 10.0. The summed E-state index contributed by atoms with van der Waals surface area (Å²) in [6, 6.07) is 5.79. The third-order valence-electron chi connectivity index (χ3n) is 2.74. The second-order valence-corrected chi connectivity index (χ2v) is 4.60. The zero-order valence-electron chi connectivity index (χ0n) is 11.1. The molecule has 100 valence electrons. The Morgan fingerprint density at radius 2 is 2.17 bits per heavy atom. The van der Waals surface area contributed by atoms with Crippen molar-refractivity contribution in [2.75, 3.05) is 0 Å². The van der Waals surface area contributed by atoms with Gasteiger partial charge in [-0.05, 0) is 37.8 Å². The van der Waals surface area contributed by atoms with Crippen LogP contribution >= 0.6 is 0 Å². The number of carbonyl (C=O) groups is 1. The molecule has 0 amide bonds. The fraction of sp³-hybridized carbons (Fsp3) is 0.500. The molecule has 4 nitrogen and oxygen atoms in total. The van der Waals surface area contributed by atoms with Gasteiger partial charge < -0.3 is 15.6 Å². The van der Waals surface area contributed by atoms with Crippen molar-refractivity contribution in [3.63, 3.8) is 0 Å². The molecule has 0 aromatic heterocycles. The van der Waals surface area contributed by atoms with Crippen LogP contribution < -0.4 is 10.5 Å². The van der Waals surface area contributed by atoms with E-state index in [-0.39, 0.29) is 6.04 Å². The molecule has 0 saturated heterocycles. The molecule has 1 aromatic carbocycles. The van der Waals surface area contributed by atoms with Crippen molar-refractivity contribution in [2.45, 2.75) is 45.8 Å². The maximum atomic E-state index is 11.0. The van der Waals surface area contributed by atoms with Gasteiger partial charge in [-0.2, -0.15) is 0 Å². The summed E-state index contributed by atoms with van der Waals surface area (Å²) in [5.41, 5.74) is 7.70. The number of carboxylic acids is 1. The van der Waals surface area contributed by atoms with Crippen LogP contribution in [0.15, 0.2) is 18.2 Å². The Morgan fingerprint density at radius 1 is 1.50 bits per heavy atom. The molecule has 0 aliphatic rings. The van der Waals surface area contributed by atoms with Crippen LogP contribution in [0.3, 0.4) is 0 Å². The van der Waals surface area contributed by atoms with Gasteiger partial charge in [0.2, 0.25) is 0 Å². The average molecular weight is 251 g/mol. The minimum absolute atomic E-state index is 0.0130. The van der Waals surface area contributed by atoms with Gasteiger partial charge in [-0.3, -0.25) is 0 Å². The highest BCUT2D eigenvalue weighted by atomic mass is 16.5. The summed E-state index contributed by atoms with van der Waals surface area (Å²) in [5.74, 6) is -0.281. The number of hydrogen-bond acceptors (Lipinski definition) is 3. The van der Waals surface area contributed by atoms with Gasteiger partial charge in [-0.1, -0.05) is 25.1 Å². The van der Waals surface area contributed by atoms with E-state index in [9.17, 15) is 4.79 Å². The Morgan fingerprint density at radius 3 is 2.67 bits per heavy atom. The average Bonchev–Trinajstić information content (AvgIpc) is 2.27. The van der Waals surface area contributed by atoms with E-state index in [0.717, 1.165) is 11.1 Å². The molecule has 0 bridgehead atoms. The van der Waals surface area contributed by atoms with Crippen LogP contribution in [0, 0.1) is 6.92 Å². The number of ether oxygens (including phenoxy) is 1. The molecule has 4 heteroatoms. The lowest BCUT2D eigenvalue weighted by molar-refractivity contribution is -0.145. The summed E-state index contributed by atoms with van der Waals surface area (Å²) in [5, 5.41) is 9.05. The number of rotatable bonds is 6. The van der Waals surface area contributed by atoms with Crippen LogP contribution in [0.5, 0.6) is 5.75 Å². The summed E-state index contributed by atoms with van der Waals surface area (Å²) in [6.07, 6.45) is 0.298. The van der Waals surface area contributed by atoms with Crippen molar-refractivity contribution >= 4 is 5.97 Å². The number of para-hydroxylation sites is 1. The molecule has 2 unspecified atom stereocenters. The fourth-order valence-electron chi connectivity index (χ4n) is 1.84. The van der Waals surface area contributed by atoms with Gasteiger partial charge in [-0.25, -0.2) is 4.79 Å². The van der Waals surface area contributed by atoms with Gasteiger partial charge in [0.15, 0.2) is 6.10 Å². The molecule has 0 fully saturated rings. The van der Waals surface area contributed by atoms with Crippen molar-refractivity contribution in [3.8, 4) is 5.75 Å². The first-order valence-corrected chi connectivity index (χ1v) is 6.19. The first-order valence-electron chi connectivity index (χ1n) is 6.19. The van der Waals surface area contributed by atoms with E-state index in [1.165, 1.54) is 0 Å². The van der Waals surface area contributed by atoms with Gasteiger partial charge in [-0.15, -0.1) is 0 Å². The van der Waals surface area contributed by atoms with Gasteiger partial charge in [0.1, 0.15) is 5.75 Å². The summed E-state index contributed by atoms with van der Waals surface area (Å²) in [7, 11) is 0. The van der Waals surface area contributed by atoms with Crippen molar-refractivity contribution in [1.29, 1.82) is 0 Å². The van der Waals surface area contributed by atoms with E-state index in [2.05, 4.69) is 0 Å². The summed E-state index contributed by atoms with van der Waals surface area (Å²) in [6.45, 7) is 5.62. The summed E-state index contributed by atoms with van der Waals surface area (Å²) < 4.78 is 5.63. The highest BCUT2D eigenvalue weighted by molar-refractivity contribution is 5.72. The van der Waals surface area contributed by atoms with Crippen LogP contribution in [0.1, 0.15) is 31.4 Å². The normalized spacial score (nSPS) is 14.0. The van der Waals surface area contributed by atoms with Crippen LogP contribution in [-0.2, 0) is 11.2 Å². The van der Waals surface area contributed by atoms with E-state index in [1.807, 2.05) is 32.0 Å². The molecule has 1 rings (SSSR count). The number of carboxylic acid groups (broad SMARTS) is 1. The third-order valence-corrected chi connectivity index (χ3v) is 2.74. The first-order chi connectivity index (χ1) is 8.45. The third kappa shape index (κ3) is 3.74. The van der Waals surface area contributed by atoms with Gasteiger partial charge >= 0.3 is 5.97 Å². The highest BCUT2D eigenvalue weighted by Crippen LogP contribution is 2.26. The summed E-state index contributed by atoms with van der Waals surface area (Å²) >= 11 is 0. The van der Waals surface area contributed by atoms with E-state index in [4.69, 9.17) is 15.6 Å². The molecule has 2 atom stereocenters. The van der Waals surface area contributed by atoms with Crippen molar-refractivity contribution in [2.24, 2.45) is 5.73 Å². The Hall–Kier alpha value is -1.55. The number of benzene rings is 1. The Bertz CT molecular complexity index is 416. The molecule has 0 spiro atoms. The molecular weight excluding hydrogens is 230 g/mol. The monoisotopic (exact) mass is 251 g/mol. The molecule has 0 heterocycles. The number of nitrogens with two attached hydrogens (primary N) is 1. The molecule has 1 aromatic rings. The second kappa shape index (κ2) is 6.40. The Kier molecular flexibility index (Phi) is 5.16. The molecule has 18 heavy (non-hydrogen) atoms. The van der Waals surface area contributed by atoms with Gasteiger partial charge in [0.25, 0.3) is 0 Å². The predicted molar refractivity (Wildman–Crippen MR) is 70.9 cm³/mol. The van der Waals surface area contributed by atoms with Crippen molar-refractivity contribution in [3.05, 3.63) is 29.3 Å². The number of aliphatic carboxylic acids is 1. The minimum atomic E-state index is -0.937. The molecule has 0 aliphatic carbocycles. The SMILES string of the molecule is CCC(Oc1c(C)cccc1CC(C)N)C(=O)O. The smallest absolute Gasteiger partial charge is 0.344 e. The predicted octanol–water partition coefficient (Wildman–Crippen LogP) is 2.13. The molecule has 3 N–H and O–H groups in total. The quantitative estimate of drug-likeness (QED) is 0.812. The van der Waals surface area contributed by atoms with Crippen LogP contribution in [-0.4, -0.2) is 23.2 Å². The first kappa shape index (κ1) is 14.5. The van der Waals surface area contributed by atoms with E-state index in [1.54, 1.807) is 6.92 Å². The Balaban J connectivity index is 3.01. The topological polar surface area (TPSA) is 72.5 Å². The lowest BCUT2D eigenvalue weighted by Gasteiger charge is -2.19. The summed E-state index contributed by atoms with van der Waals surface area (Å²) in [4.78, 5) is 11.0. The lowest BCUT2D eigenvalue weighted by Crippen LogP contribution is -2.27. The van der Waals surface area contributed by atoms with Gasteiger partial charge in [0.05, 0.1) is 0 Å². The van der Waals surface area contributed by atoms with E-state index in [0.29, 0.717) is 18.6 Å². The molecule has 0 saturated carbocycles. The maximum Gasteiger partial charge on any atom is 0.344 e. The van der Waals surface area contributed by atoms with Crippen LogP contribution in [0.2, 0.25) is 0 Å². The van der Waals surface area contributed by atoms with E-state index >= 15 is 0 Å². The van der Waals surface area contributed by atoms with Crippen molar-refractivity contribution < 1.29 is 14.6 Å². The standard InChI is InChI=1S/C14H21NO3/c1-4-12(14(16)17)18-13-9(2)6-5-7-11(13)8-10(3)15/h5-7,10,12H,4,8,15H2,1-3H3,(H,16,17). The number of aryl methyl sites for hydroxylation is 1. The molecule has 0 aliphatic heterocycles. The Labute approximate surface area is 108 Å². The van der Waals surface area contributed by atoms with Gasteiger partial charge in [0, 0.05) is 6.04 Å². The number of hydrogen-bond donors (Lipinski definition) is 2. The highest BCUT2D eigenvalue weighted by Gasteiger charge is 2.19. The van der Waals surface area contributed by atoms with Crippen molar-refractivity contribution in [1.82, 2.24) is 0 Å². The second-order valence-electron chi connectivity index (χ2n) is 4.60. The largest absolute Gasteiger partial charge is 0.479 e. The zero-order chi connectivity index (χ0) is 13.7. The minimum Gasteiger partial charge on any atom is -0.479 e. The molecule has 0 radical (unpaired) electrons. The maximum absolute atomic E-state index is 11.0. The zero-order valence-corrected chi connectivity index (χ0v) is 11.1. The van der Waals surface area contributed by atoms with E-state index < -0.39 is 12.1 Å². The molecular formula is C14H21NO3. The fourth-order valence-corrected chi connectivity index (χ4v) is 1.84.